The molecule has 0 spiro atoms. The van der Waals surface area contributed by atoms with E-state index in [0.29, 0.717) is 13.1 Å². The summed E-state index contributed by atoms with van der Waals surface area (Å²) in [5.74, 6) is -1.13. The number of hydrogen-bond acceptors (Lipinski definition) is 4. The molecule has 0 saturated carbocycles. The third-order valence-electron chi connectivity index (χ3n) is 3.89. The van der Waals surface area contributed by atoms with Gasteiger partial charge in [-0.25, -0.2) is 12.8 Å². The van der Waals surface area contributed by atoms with Crippen molar-refractivity contribution in [2.75, 3.05) is 24.9 Å². The van der Waals surface area contributed by atoms with Gasteiger partial charge in [0.25, 0.3) is 15.9 Å². The Balaban J connectivity index is 2.39. The molecule has 1 amide bonds. The lowest BCUT2D eigenvalue weighted by atomic mass is 10.1. The molecule has 26 heavy (non-hydrogen) atoms. The van der Waals surface area contributed by atoms with Gasteiger partial charge in [-0.15, -0.1) is 0 Å². The fraction of sp³-hybridized carbons (Fsp3) is 0.278. The molecule has 6 nitrogen and oxygen atoms in total. The monoisotopic (exact) mass is 380 g/mol. The number of nitrogens with zero attached hydrogens (tertiary/aromatic N) is 1. The lowest BCUT2D eigenvalue weighted by Gasteiger charge is -2.20. The highest BCUT2D eigenvalue weighted by molar-refractivity contribution is 7.92. The van der Waals surface area contributed by atoms with Crippen LogP contribution < -0.4 is 9.46 Å². The predicted octanol–water partition coefficient (Wildman–Crippen LogP) is 3.12. The standard InChI is InChI=1S/C18H21FN2O4S/c1-4-21(5-2)18(22)14-8-6-7-9-16(14)20-26(23,24)13-10-11-17(25-3)15(19)12-13/h6-12,20H,4-5H2,1-3H3. The Kier molecular flexibility index (Phi) is 6.20. The molecular weight excluding hydrogens is 359 g/mol. The highest BCUT2D eigenvalue weighted by atomic mass is 32.2. The third-order valence-corrected chi connectivity index (χ3v) is 5.25. The average molecular weight is 380 g/mol. The molecule has 0 radical (unpaired) electrons. The molecule has 2 aromatic carbocycles. The molecule has 0 bridgehead atoms. The van der Waals surface area contributed by atoms with Crippen LogP contribution in [0.25, 0.3) is 0 Å². The maximum absolute atomic E-state index is 13.8. The Morgan fingerprint density at radius 1 is 1.15 bits per heavy atom. The van der Waals surface area contributed by atoms with Gasteiger partial charge in [0.15, 0.2) is 11.6 Å². The van der Waals surface area contributed by atoms with Crippen LogP contribution in [0.15, 0.2) is 47.4 Å². The summed E-state index contributed by atoms with van der Waals surface area (Å²) in [5.41, 5.74) is 0.370. The molecule has 0 aliphatic rings. The van der Waals surface area contributed by atoms with Gasteiger partial charge in [-0.05, 0) is 44.2 Å². The largest absolute Gasteiger partial charge is 0.494 e. The molecule has 0 aliphatic carbocycles. The number of hydrogen-bond donors (Lipinski definition) is 1. The zero-order chi connectivity index (χ0) is 19.3. The summed E-state index contributed by atoms with van der Waals surface area (Å²) in [6.07, 6.45) is 0. The number of methoxy groups -OCH3 is 1. The average Bonchev–Trinajstić information content (AvgIpc) is 2.62. The molecule has 0 heterocycles. The molecule has 140 valence electrons. The number of halogens is 1. The summed E-state index contributed by atoms with van der Waals surface area (Å²) in [6.45, 7) is 4.68. The molecule has 0 atom stereocenters. The maximum Gasteiger partial charge on any atom is 0.262 e. The van der Waals surface area contributed by atoms with Gasteiger partial charge < -0.3 is 9.64 Å². The molecule has 1 N–H and O–H groups in total. The highest BCUT2D eigenvalue weighted by Gasteiger charge is 2.21. The van der Waals surface area contributed by atoms with Crippen LogP contribution in [-0.2, 0) is 10.0 Å². The summed E-state index contributed by atoms with van der Waals surface area (Å²) < 4.78 is 46.2. The minimum absolute atomic E-state index is 0.0546. The molecule has 0 aliphatic heterocycles. The number of sulfonamides is 1. The molecule has 8 heteroatoms. The zero-order valence-electron chi connectivity index (χ0n) is 14.8. The van der Waals surface area contributed by atoms with Gasteiger partial charge in [0, 0.05) is 13.1 Å². The van der Waals surface area contributed by atoms with Crippen LogP contribution in [0.4, 0.5) is 10.1 Å². The molecular formula is C18H21FN2O4S. The Morgan fingerprint density at radius 3 is 2.38 bits per heavy atom. The molecule has 0 saturated heterocycles. The number of nitrogens with one attached hydrogen (secondary N) is 1. The number of carbonyl (C=O) groups excluding carboxylic acids is 1. The van der Waals surface area contributed by atoms with E-state index < -0.39 is 15.8 Å². The van der Waals surface area contributed by atoms with Gasteiger partial charge in [0.05, 0.1) is 23.3 Å². The van der Waals surface area contributed by atoms with Gasteiger partial charge in [0.1, 0.15) is 0 Å². The zero-order valence-corrected chi connectivity index (χ0v) is 15.6. The van der Waals surface area contributed by atoms with Crippen LogP contribution in [0.5, 0.6) is 5.75 Å². The van der Waals surface area contributed by atoms with Crippen LogP contribution in [-0.4, -0.2) is 39.4 Å². The molecule has 2 aromatic rings. The number of carbonyl (C=O) groups is 1. The first kappa shape index (κ1) is 19.7. The number of benzene rings is 2. The van der Waals surface area contributed by atoms with E-state index in [4.69, 9.17) is 4.74 Å². The highest BCUT2D eigenvalue weighted by Crippen LogP contribution is 2.24. The SMILES string of the molecule is CCN(CC)C(=O)c1ccccc1NS(=O)(=O)c1ccc(OC)c(F)c1. The number of ether oxygens (including phenoxy) is 1. The van der Waals surface area contributed by atoms with Crippen molar-refractivity contribution in [2.24, 2.45) is 0 Å². The minimum atomic E-state index is -4.07. The Bertz CT molecular complexity index is 896. The minimum Gasteiger partial charge on any atom is -0.494 e. The fourth-order valence-electron chi connectivity index (χ4n) is 2.46. The second-order valence-corrected chi connectivity index (χ2v) is 7.11. The molecule has 0 aromatic heterocycles. The number of rotatable bonds is 7. The number of para-hydroxylation sites is 1. The van der Waals surface area contributed by atoms with E-state index in [-0.39, 0.29) is 27.8 Å². The van der Waals surface area contributed by atoms with Gasteiger partial charge >= 0.3 is 0 Å². The second kappa shape index (κ2) is 8.18. The lowest BCUT2D eigenvalue weighted by molar-refractivity contribution is 0.0774. The molecule has 0 fully saturated rings. The van der Waals surface area contributed by atoms with Crippen molar-refractivity contribution in [1.29, 1.82) is 0 Å². The van der Waals surface area contributed by atoms with E-state index in [2.05, 4.69) is 4.72 Å². The van der Waals surface area contributed by atoms with Crippen molar-refractivity contribution < 1.29 is 22.3 Å². The number of amides is 1. The maximum atomic E-state index is 13.8. The smallest absolute Gasteiger partial charge is 0.262 e. The van der Waals surface area contributed by atoms with Gasteiger partial charge in [-0.3, -0.25) is 9.52 Å². The van der Waals surface area contributed by atoms with E-state index in [1.165, 1.54) is 25.3 Å². The van der Waals surface area contributed by atoms with Crippen molar-refractivity contribution in [3.8, 4) is 5.75 Å². The van der Waals surface area contributed by atoms with Crippen LogP contribution in [0.1, 0.15) is 24.2 Å². The van der Waals surface area contributed by atoms with Crippen molar-refractivity contribution in [1.82, 2.24) is 4.90 Å². The van der Waals surface area contributed by atoms with E-state index in [9.17, 15) is 17.6 Å². The topological polar surface area (TPSA) is 75.7 Å². The van der Waals surface area contributed by atoms with Crippen molar-refractivity contribution in [2.45, 2.75) is 18.7 Å². The predicted molar refractivity (Wildman–Crippen MR) is 97.5 cm³/mol. The van der Waals surface area contributed by atoms with Gasteiger partial charge in [-0.2, -0.15) is 0 Å². The first-order chi connectivity index (χ1) is 12.3. The normalized spacial score (nSPS) is 11.1. The van der Waals surface area contributed by atoms with Crippen LogP contribution >= 0.6 is 0 Å². The number of anilines is 1. The summed E-state index contributed by atoms with van der Waals surface area (Å²) in [5, 5.41) is 0. The summed E-state index contributed by atoms with van der Waals surface area (Å²) >= 11 is 0. The van der Waals surface area contributed by atoms with Crippen LogP contribution in [0.2, 0.25) is 0 Å². The second-order valence-electron chi connectivity index (χ2n) is 5.42. The fourth-order valence-corrected chi connectivity index (χ4v) is 3.55. The molecule has 0 unspecified atom stereocenters. The first-order valence-corrected chi connectivity index (χ1v) is 9.57. The van der Waals surface area contributed by atoms with Gasteiger partial charge in [0.2, 0.25) is 0 Å². The van der Waals surface area contributed by atoms with Crippen molar-refractivity contribution in [3.63, 3.8) is 0 Å². The molecule has 2 rings (SSSR count). The first-order valence-electron chi connectivity index (χ1n) is 8.08. The van der Waals surface area contributed by atoms with Crippen molar-refractivity contribution >= 4 is 21.6 Å². The van der Waals surface area contributed by atoms with Crippen LogP contribution in [0.3, 0.4) is 0 Å². The summed E-state index contributed by atoms with van der Waals surface area (Å²) in [4.78, 5) is 13.9. The summed E-state index contributed by atoms with van der Waals surface area (Å²) in [6, 6.07) is 9.65. The van der Waals surface area contributed by atoms with E-state index in [1.807, 2.05) is 13.8 Å². The summed E-state index contributed by atoms with van der Waals surface area (Å²) in [7, 11) is -2.78. The Hall–Kier alpha value is -2.61. The van der Waals surface area contributed by atoms with E-state index >= 15 is 0 Å². The lowest BCUT2D eigenvalue weighted by Crippen LogP contribution is -2.31. The van der Waals surface area contributed by atoms with E-state index in [0.717, 1.165) is 6.07 Å². The quantitative estimate of drug-likeness (QED) is 0.801. The van der Waals surface area contributed by atoms with Crippen LogP contribution in [0, 0.1) is 5.82 Å². The Labute approximate surface area is 152 Å². The Morgan fingerprint density at radius 2 is 1.81 bits per heavy atom. The third kappa shape index (κ3) is 4.13. The van der Waals surface area contributed by atoms with Crippen molar-refractivity contribution in [3.05, 3.63) is 53.8 Å². The van der Waals surface area contributed by atoms with Gasteiger partial charge in [-0.1, -0.05) is 12.1 Å². The van der Waals surface area contributed by atoms with E-state index in [1.54, 1.807) is 23.1 Å².